The zero-order valence-electron chi connectivity index (χ0n) is 10.6. The van der Waals surface area contributed by atoms with Gasteiger partial charge in [-0.3, -0.25) is 9.89 Å². The number of H-pyrrole nitrogens is 1. The van der Waals surface area contributed by atoms with E-state index in [9.17, 15) is 4.79 Å². The second-order valence-corrected chi connectivity index (χ2v) is 5.30. The number of carbonyl (C=O) groups is 1. The molecule has 2 fully saturated rings. The van der Waals surface area contributed by atoms with Crippen molar-refractivity contribution in [3.63, 3.8) is 0 Å². The van der Waals surface area contributed by atoms with Crippen LogP contribution in [-0.2, 0) is 4.79 Å². The van der Waals surface area contributed by atoms with Gasteiger partial charge < -0.3 is 10.2 Å². The quantitative estimate of drug-likeness (QED) is 0.811. The maximum Gasteiger partial charge on any atom is 0.227 e. The number of piperidine rings is 1. The van der Waals surface area contributed by atoms with E-state index in [-0.39, 0.29) is 5.92 Å². The topological polar surface area (TPSA) is 61.0 Å². The number of carbonyl (C=O) groups excluding carboxylic acids is 1. The van der Waals surface area contributed by atoms with E-state index in [2.05, 4.69) is 15.5 Å². The molecule has 3 rings (SSSR count). The fourth-order valence-electron chi connectivity index (χ4n) is 3.03. The minimum absolute atomic E-state index is 0.216. The first-order chi connectivity index (χ1) is 8.84. The van der Waals surface area contributed by atoms with Gasteiger partial charge in [-0.15, -0.1) is 0 Å². The van der Waals surface area contributed by atoms with E-state index >= 15 is 0 Å². The maximum atomic E-state index is 12.3. The summed E-state index contributed by atoms with van der Waals surface area (Å²) in [7, 11) is 0. The van der Waals surface area contributed by atoms with Crippen LogP contribution in [0.25, 0.3) is 0 Å². The van der Waals surface area contributed by atoms with Crippen LogP contribution in [0.4, 0.5) is 0 Å². The van der Waals surface area contributed by atoms with E-state index < -0.39 is 0 Å². The average Bonchev–Trinajstić information content (AvgIpc) is 3.11. The van der Waals surface area contributed by atoms with Crippen LogP contribution in [0, 0.1) is 5.92 Å². The fraction of sp³-hybridized carbons (Fsp3) is 0.692. The molecule has 1 unspecified atom stereocenters. The van der Waals surface area contributed by atoms with Gasteiger partial charge in [-0.2, -0.15) is 5.10 Å². The Labute approximate surface area is 107 Å². The Hall–Kier alpha value is -1.36. The van der Waals surface area contributed by atoms with Crippen molar-refractivity contribution in [2.24, 2.45) is 5.92 Å². The predicted octanol–water partition coefficient (Wildman–Crippen LogP) is 0.725. The Kier molecular flexibility index (Phi) is 3.32. The summed E-state index contributed by atoms with van der Waals surface area (Å²) in [6.45, 7) is 3.62. The molecule has 0 spiro atoms. The molecule has 1 aromatic heterocycles. The fourth-order valence-corrected chi connectivity index (χ4v) is 3.03. The van der Waals surface area contributed by atoms with Gasteiger partial charge in [-0.1, -0.05) is 0 Å². The number of rotatable bonds is 2. The molecule has 2 N–H and O–H groups in total. The van der Waals surface area contributed by atoms with E-state index in [0.717, 1.165) is 45.4 Å². The van der Waals surface area contributed by atoms with Crippen LogP contribution >= 0.6 is 0 Å². The Morgan fingerprint density at radius 3 is 2.78 bits per heavy atom. The highest BCUT2D eigenvalue weighted by Gasteiger charge is 2.30. The third-order valence-corrected chi connectivity index (χ3v) is 4.18. The van der Waals surface area contributed by atoms with Gasteiger partial charge in [0.25, 0.3) is 0 Å². The lowest BCUT2D eigenvalue weighted by atomic mass is 9.93. The summed E-state index contributed by atoms with van der Waals surface area (Å²) in [5.41, 5.74) is 1.21. The first-order valence-corrected chi connectivity index (χ1v) is 6.83. The summed E-state index contributed by atoms with van der Waals surface area (Å²) < 4.78 is 0. The minimum atomic E-state index is 0.216. The van der Waals surface area contributed by atoms with Gasteiger partial charge in [0.05, 0.1) is 5.92 Å². The van der Waals surface area contributed by atoms with E-state index in [4.69, 9.17) is 0 Å². The SMILES string of the molecule is O=C(C1CCNC1)N1CCC(c2ccn[nH]2)CC1. The highest BCUT2D eigenvalue weighted by atomic mass is 16.2. The van der Waals surface area contributed by atoms with Crippen LogP contribution < -0.4 is 5.32 Å². The molecule has 1 amide bonds. The summed E-state index contributed by atoms with van der Waals surface area (Å²) >= 11 is 0. The van der Waals surface area contributed by atoms with Crippen LogP contribution in [0.1, 0.15) is 30.9 Å². The Morgan fingerprint density at radius 2 is 2.17 bits per heavy atom. The molecule has 2 aliphatic rings. The number of amides is 1. The van der Waals surface area contributed by atoms with E-state index in [1.807, 2.05) is 11.0 Å². The average molecular weight is 248 g/mol. The third-order valence-electron chi connectivity index (χ3n) is 4.18. The van der Waals surface area contributed by atoms with Gasteiger partial charge in [0.15, 0.2) is 0 Å². The monoisotopic (exact) mass is 248 g/mol. The molecule has 3 heterocycles. The lowest BCUT2D eigenvalue weighted by molar-refractivity contribution is -0.136. The van der Waals surface area contributed by atoms with Crippen LogP contribution in [0.15, 0.2) is 12.3 Å². The molecular formula is C13H20N4O. The minimum Gasteiger partial charge on any atom is -0.342 e. The van der Waals surface area contributed by atoms with Crippen molar-refractivity contribution in [3.05, 3.63) is 18.0 Å². The summed E-state index contributed by atoms with van der Waals surface area (Å²) in [6.07, 6.45) is 4.90. The highest BCUT2D eigenvalue weighted by Crippen LogP contribution is 2.27. The van der Waals surface area contributed by atoms with Crippen molar-refractivity contribution in [2.75, 3.05) is 26.2 Å². The predicted molar refractivity (Wildman–Crippen MR) is 68.1 cm³/mol. The first kappa shape index (κ1) is 11.7. The smallest absolute Gasteiger partial charge is 0.227 e. The second-order valence-electron chi connectivity index (χ2n) is 5.30. The van der Waals surface area contributed by atoms with Gasteiger partial charge in [0, 0.05) is 37.4 Å². The van der Waals surface area contributed by atoms with E-state index in [1.165, 1.54) is 5.69 Å². The van der Waals surface area contributed by atoms with Crippen LogP contribution in [0.5, 0.6) is 0 Å². The van der Waals surface area contributed by atoms with Crippen molar-refractivity contribution in [2.45, 2.75) is 25.2 Å². The zero-order chi connectivity index (χ0) is 12.4. The molecule has 2 aliphatic heterocycles. The molecule has 0 saturated carbocycles. The Morgan fingerprint density at radius 1 is 1.33 bits per heavy atom. The standard InChI is InChI=1S/C13H20N4O/c18-13(11-1-5-14-9-11)17-7-3-10(4-8-17)12-2-6-15-16-12/h2,6,10-11,14H,1,3-5,7-9H2,(H,15,16). The van der Waals surface area contributed by atoms with Crippen LogP contribution in [-0.4, -0.2) is 47.2 Å². The third kappa shape index (κ3) is 2.27. The molecule has 0 bridgehead atoms. The summed E-state index contributed by atoms with van der Waals surface area (Å²) in [6, 6.07) is 2.04. The number of hydrogen-bond acceptors (Lipinski definition) is 3. The number of aromatic amines is 1. The van der Waals surface area contributed by atoms with Gasteiger partial charge in [-0.25, -0.2) is 0 Å². The maximum absolute atomic E-state index is 12.3. The van der Waals surface area contributed by atoms with Crippen molar-refractivity contribution in [1.29, 1.82) is 0 Å². The van der Waals surface area contributed by atoms with Gasteiger partial charge >= 0.3 is 0 Å². The number of likely N-dealkylation sites (tertiary alicyclic amines) is 1. The van der Waals surface area contributed by atoms with Gasteiger partial charge in [0.1, 0.15) is 0 Å². The molecule has 5 nitrogen and oxygen atoms in total. The molecule has 0 radical (unpaired) electrons. The summed E-state index contributed by atoms with van der Waals surface area (Å²) in [4.78, 5) is 14.3. The second kappa shape index (κ2) is 5.10. The van der Waals surface area contributed by atoms with Crippen molar-refractivity contribution < 1.29 is 4.79 Å². The number of hydrogen-bond donors (Lipinski definition) is 2. The lowest BCUT2D eigenvalue weighted by Crippen LogP contribution is -2.42. The van der Waals surface area contributed by atoms with Crippen molar-refractivity contribution >= 4 is 5.91 Å². The van der Waals surface area contributed by atoms with E-state index in [1.54, 1.807) is 6.20 Å². The van der Waals surface area contributed by atoms with Crippen LogP contribution in [0.2, 0.25) is 0 Å². The molecule has 1 aromatic rings. The molecule has 2 saturated heterocycles. The largest absolute Gasteiger partial charge is 0.342 e. The molecule has 0 aromatic carbocycles. The van der Waals surface area contributed by atoms with Crippen molar-refractivity contribution in [3.8, 4) is 0 Å². The Balaban J connectivity index is 1.55. The summed E-state index contributed by atoms with van der Waals surface area (Å²) in [5.74, 6) is 1.11. The molecule has 5 heteroatoms. The number of aromatic nitrogens is 2. The molecule has 98 valence electrons. The lowest BCUT2D eigenvalue weighted by Gasteiger charge is -2.33. The summed E-state index contributed by atoms with van der Waals surface area (Å²) in [5, 5.41) is 10.3. The van der Waals surface area contributed by atoms with Gasteiger partial charge in [0.2, 0.25) is 5.91 Å². The van der Waals surface area contributed by atoms with E-state index in [0.29, 0.717) is 11.8 Å². The highest BCUT2D eigenvalue weighted by molar-refractivity contribution is 5.79. The number of nitrogens with one attached hydrogen (secondary N) is 2. The van der Waals surface area contributed by atoms with Crippen LogP contribution in [0.3, 0.4) is 0 Å². The molecule has 1 atom stereocenters. The first-order valence-electron chi connectivity index (χ1n) is 6.83. The Bertz CT molecular complexity index is 389. The van der Waals surface area contributed by atoms with Gasteiger partial charge in [-0.05, 0) is 31.9 Å². The van der Waals surface area contributed by atoms with Crippen molar-refractivity contribution in [1.82, 2.24) is 20.4 Å². The zero-order valence-corrected chi connectivity index (χ0v) is 10.6. The number of nitrogens with zero attached hydrogens (tertiary/aromatic N) is 2. The molecule has 18 heavy (non-hydrogen) atoms. The molecule has 0 aliphatic carbocycles. The normalized spacial score (nSPS) is 25.6. The molecular weight excluding hydrogens is 228 g/mol.